The monoisotopic (exact) mass is 402 g/mol. The molecule has 1 aromatic rings. The lowest BCUT2D eigenvalue weighted by Gasteiger charge is -2.19. The third-order valence-electron chi connectivity index (χ3n) is 5.20. The first-order valence-electron chi connectivity index (χ1n) is 9.94. The van der Waals surface area contributed by atoms with Gasteiger partial charge in [-0.05, 0) is 68.7 Å². The van der Waals surface area contributed by atoms with Gasteiger partial charge in [-0.25, -0.2) is 4.79 Å². The molecule has 0 saturated heterocycles. The van der Waals surface area contributed by atoms with E-state index in [-0.39, 0.29) is 0 Å². The average molecular weight is 402 g/mol. The van der Waals surface area contributed by atoms with E-state index in [2.05, 4.69) is 17.9 Å². The standard InChI is InChI=1S/C23H30O6/c1-17-12-14-20(15-13-17)29-16-5-4-8-19-10-6-9-18(19)7-2-3-11-21(24)23(27,28)22(25)26/h2,4,8,11-15,18-19,21,24,27-28H,5-7,9-10,16H2,1H3,(H,25,26)/b8-4+/t3?,18-,19-,21?/m0/s1. The Hall–Kier alpha value is -2.37. The minimum Gasteiger partial charge on any atom is -0.493 e. The highest BCUT2D eigenvalue weighted by Crippen LogP contribution is 2.35. The molecular formula is C23H30O6. The maximum absolute atomic E-state index is 10.7. The van der Waals surface area contributed by atoms with Gasteiger partial charge in [0.25, 0.3) is 5.79 Å². The van der Waals surface area contributed by atoms with Gasteiger partial charge in [0.05, 0.1) is 6.61 Å². The summed E-state index contributed by atoms with van der Waals surface area (Å²) in [4.78, 5) is 10.7. The van der Waals surface area contributed by atoms with Crippen molar-refractivity contribution in [2.75, 3.05) is 6.61 Å². The molecule has 1 saturated carbocycles. The number of aliphatic hydroxyl groups excluding tert-OH is 1. The highest BCUT2D eigenvalue weighted by molar-refractivity contribution is 5.76. The zero-order chi connectivity index (χ0) is 21.3. The van der Waals surface area contributed by atoms with E-state index in [1.165, 1.54) is 5.56 Å². The van der Waals surface area contributed by atoms with Crippen LogP contribution in [0.2, 0.25) is 0 Å². The number of hydrogen-bond acceptors (Lipinski definition) is 5. The van der Waals surface area contributed by atoms with Gasteiger partial charge in [0.2, 0.25) is 0 Å². The van der Waals surface area contributed by atoms with Crippen molar-refractivity contribution < 1.29 is 30.0 Å². The number of hydrogen-bond donors (Lipinski definition) is 4. The lowest BCUT2D eigenvalue weighted by atomic mass is 9.92. The van der Waals surface area contributed by atoms with Crippen LogP contribution in [0.25, 0.3) is 0 Å². The van der Waals surface area contributed by atoms with Crippen LogP contribution in [0.1, 0.15) is 37.7 Å². The van der Waals surface area contributed by atoms with Crippen LogP contribution >= 0.6 is 0 Å². The van der Waals surface area contributed by atoms with Crippen LogP contribution in [0.15, 0.2) is 54.3 Å². The summed E-state index contributed by atoms with van der Waals surface area (Å²) in [5.41, 5.74) is 3.87. The molecule has 0 radical (unpaired) electrons. The van der Waals surface area contributed by atoms with E-state index in [1.54, 1.807) is 6.08 Å². The summed E-state index contributed by atoms with van der Waals surface area (Å²) in [5.74, 6) is -3.32. The first-order valence-corrected chi connectivity index (χ1v) is 9.94. The molecule has 2 rings (SSSR count). The molecule has 0 amide bonds. The van der Waals surface area contributed by atoms with E-state index in [0.717, 1.165) is 43.9 Å². The average Bonchev–Trinajstić information content (AvgIpc) is 3.13. The Morgan fingerprint density at radius 2 is 2.03 bits per heavy atom. The number of carboxylic acid groups (broad SMARTS) is 1. The Morgan fingerprint density at radius 1 is 1.31 bits per heavy atom. The third kappa shape index (κ3) is 7.18. The van der Waals surface area contributed by atoms with E-state index in [0.29, 0.717) is 18.4 Å². The largest absolute Gasteiger partial charge is 0.493 e. The Morgan fingerprint density at radius 3 is 2.72 bits per heavy atom. The topological polar surface area (TPSA) is 107 Å². The summed E-state index contributed by atoms with van der Waals surface area (Å²) >= 11 is 0. The Balaban J connectivity index is 1.76. The van der Waals surface area contributed by atoms with Gasteiger partial charge in [-0.3, -0.25) is 0 Å². The van der Waals surface area contributed by atoms with Crippen LogP contribution < -0.4 is 4.74 Å². The fourth-order valence-corrected chi connectivity index (χ4v) is 3.38. The minimum absolute atomic E-state index is 0.454. The number of benzene rings is 1. The molecule has 6 nitrogen and oxygen atoms in total. The maximum atomic E-state index is 10.7. The van der Waals surface area contributed by atoms with E-state index < -0.39 is 17.9 Å². The zero-order valence-corrected chi connectivity index (χ0v) is 16.7. The molecule has 6 heteroatoms. The van der Waals surface area contributed by atoms with E-state index >= 15 is 0 Å². The van der Waals surface area contributed by atoms with Crippen molar-refractivity contribution in [2.24, 2.45) is 11.8 Å². The van der Waals surface area contributed by atoms with E-state index in [9.17, 15) is 20.1 Å². The van der Waals surface area contributed by atoms with Crippen molar-refractivity contribution in [1.29, 1.82) is 0 Å². The maximum Gasteiger partial charge on any atom is 0.367 e. The summed E-state index contributed by atoms with van der Waals surface area (Å²) in [5, 5.41) is 36.6. The fourth-order valence-electron chi connectivity index (χ4n) is 3.38. The molecule has 158 valence electrons. The summed E-state index contributed by atoms with van der Waals surface area (Å²) in [6, 6.07) is 7.99. The predicted octanol–water partition coefficient (Wildman–Crippen LogP) is 2.96. The third-order valence-corrected chi connectivity index (χ3v) is 5.20. The van der Waals surface area contributed by atoms with Crippen LogP contribution in [0.3, 0.4) is 0 Å². The molecular weight excluding hydrogens is 372 g/mol. The number of carboxylic acids is 1. The molecule has 0 spiro atoms. The minimum atomic E-state index is -3.21. The SMILES string of the molecule is Cc1ccc(OCC/C=C/[C@H]2CCC[C@@H]2CC=C=CC(O)C(O)(O)C(=O)O)cc1. The van der Waals surface area contributed by atoms with Gasteiger partial charge in [0.1, 0.15) is 11.9 Å². The van der Waals surface area contributed by atoms with Crippen LogP contribution in [0.5, 0.6) is 5.75 Å². The Bertz CT molecular complexity index is 743. The number of allylic oxidation sites excluding steroid dienone is 1. The number of aliphatic hydroxyl groups is 3. The van der Waals surface area contributed by atoms with Crippen molar-refractivity contribution in [3.05, 3.63) is 59.9 Å². The highest BCUT2D eigenvalue weighted by Gasteiger charge is 2.40. The van der Waals surface area contributed by atoms with Gasteiger partial charge in [-0.1, -0.05) is 36.3 Å². The fraction of sp³-hybridized carbons (Fsp3) is 0.478. The molecule has 0 aromatic heterocycles. The van der Waals surface area contributed by atoms with E-state index in [4.69, 9.17) is 9.84 Å². The Labute approximate surface area is 171 Å². The lowest BCUT2D eigenvalue weighted by Crippen LogP contribution is -2.48. The number of ether oxygens (including phenoxy) is 1. The second kappa shape index (κ2) is 11.0. The van der Waals surface area contributed by atoms with Gasteiger partial charge in [0.15, 0.2) is 0 Å². The van der Waals surface area contributed by atoms with Gasteiger partial charge >= 0.3 is 5.97 Å². The highest BCUT2D eigenvalue weighted by atomic mass is 16.6. The molecule has 29 heavy (non-hydrogen) atoms. The summed E-state index contributed by atoms with van der Waals surface area (Å²) < 4.78 is 5.72. The molecule has 1 fully saturated rings. The van der Waals surface area contributed by atoms with Crippen molar-refractivity contribution in [3.8, 4) is 5.75 Å². The van der Waals surface area contributed by atoms with Crippen molar-refractivity contribution >= 4 is 5.97 Å². The second-order valence-electron chi connectivity index (χ2n) is 7.48. The van der Waals surface area contributed by atoms with Crippen LogP contribution in [0, 0.1) is 18.8 Å². The Kier molecular flexibility index (Phi) is 8.68. The van der Waals surface area contributed by atoms with Crippen LogP contribution in [-0.4, -0.2) is 44.9 Å². The van der Waals surface area contributed by atoms with Gasteiger partial charge in [0, 0.05) is 0 Å². The predicted molar refractivity (Wildman–Crippen MR) is 109 cm³/mol. The molecule has 1 aliphatic rings. The molecule has 1 unspecified atom stereocenters. The van der Waals surface area contributed by atoms with E-state index in [1.807, 2.05) is 31.2 Å². The quantitative estimate of drug-likeness (QED) is 0.207. The number of rotatable bonds is 10. The molecule has 1 aliphatic carbocycles. The van der Waals surface area contributed by atoms with Crippen molar-refractivity contribution in [1.82, 2.24) is 0 Å². The second-order valence-corrected chi connectivity index (χ2v) is 7.48. The summed E-state index contributed by atoms with van der Waals surface area (Å²) in [7, 11) is 0. The summed E-state index contributed by atoms with van der Waals surface area (Å²) in [6.45, 7) is 2.67. The van der Waals surface area contributed by atoms with Crippen molar-refractivity contribution in [3.63, 3.8) is 0 Å². The summed E-state index contributed by atoms with van der Waals surface area (Å²) in [6.07, 6.45) is 10.0. The van der Waals surface area contributed by atoms with Crippen molar-refractivity contribution in [2.45, 2.75) is 50.9 Å². The van der Waals surface area contributed by atoms with Gasteiger partial charge in [-0.15, -0.1) is 5.73 Å². The van der Waals surface area contributed by atoms with Gasteiger partial charge in [-0.2, -0.15) is 0 Å². The zero-order valence-electron chi connectivity index (χ0n) is 16.7. The first-order chi connectivity index (χ1) is 13.8. The number of aliphatic carboxylic acids is 1. The molecule has 1 aromatic carbocycles. The first kappa shape index (κ1) is 22.9. The molecule has 0 aliphatic heterocycles. The van der Waals surface area contributed by atoms with Crippen LogP contribution in [0.4, 0.5) is 0 Å². The molecule has 4 N–H and O–H groups in total. The number of aryl methyl sites for hydroxylation is 1. The lowest BCUT2D eigenvalue weighted by molar-refractivity contribution is -0.227. The molecule has 3 atom stereocenters. The van der Waals surface area contributed by atoms with Gasteiger partial charge < -0.3 is 25.2 Å². The smallest absolute Gasteiger partial charge is 0.367 e. The van der Waals surface area contributed by atoms with Crippen LogP contribution in [-0.2, 0) is 4.79 Å². The molecule has 0 heterocycles. The number of carbonyl (C=O) groups is 1. The molecule has 0 bridgehead atoms. The normalized spacial score (nSPS) is 20.3.